The molecule has 0 aliphatic heterocycles. The van der Waals surface area contributed by atoms with Gasteiger partial charge in [0.2, 0.25) is 15.9 Å². The second kappa shape index (κ2) is 7.84. The fourth-order valence-electron chi connectivity index (χ4n) is 3.71. The highest BCUT2D eigenvalue weighted by Crippen LogP contribution is 2.38. The number of hydrogen-bond donors (Lipinski definition) is 0. The number of benzene rings is 2. The van der Waals surface area contributed by atoms with Crippen LogP contribution in [0.4, 0.5) is 13.2 Å². The predicted molar refractivity (Wildman–Crippen MR) is 103 cm³/mol. The summed E-state index contributed by atoms with van der Waals surface area (Å²) >= 11 is 0. The number of aromatic nitrogens is 2. The summed E-state index contributed by atoms with van der Waals surface area (Å²) in [5, 5.41) is 6.72. The first-order chi connectivity index (χ1) is 14.2. The van der Waals surface area contributed by atoms with Gasteiger partial charge in [-0.2, -0.15) is 13.1 Å². The molecule has 158 valence electrons. The van der Waals surface area contributed by atoms with Crippen molar-refractivity contribution in [1.29, 1.82) is 0 Å². The SMILES string of the molecule is CS(=O)(=O)N(Cc1ccc(-c2nnc(C(F)F)o2)cc1F)C1CCc2ccccc21. The first-order valence-corrected chi connectivity index (χ1v) is 11.0. The van der Waals surface area contributed by atoms with E-state index in [1.54, 1.807) is 0 Å². The van der Waals surface area contributed by atoms with Gasteiger partial charge in [-0.25, -0.2) is 12.8 Å². The maximum absolute atomic E-state index is 14.8. The van der Waals surface area contributed by atoms with Gasteiger partial charge in [0.25, 0.3) is 5.89 Å². The van der Waals surface area contributed by atoms with Crippen LogP contribution in [0.15, 0.2) is 46.9 Å². The highest BCUT2D eigenvalue weighted by Gasteiger charge is 2.33. The summed E-state index contributed by atoms with van der Waals surface area (Å²) in [6, 6.07) is 11.1. The number of sulfonamides is 1. The molecule has 1 aromatic heterocycles. The van der Waals surface area contributed by atoms with E-state index in [1.807, 2.05) is 24.3 Å². The van der Waals surface area contributed by atoms with Crippen LogP contribution in [-0.2, 0) is 23.0 Å². The molecule has 2 aromatic carbocycles. The van der Waals surface area contributed by atoms with Crippen molar-refractivity contribution in [3.63, 3.8) is 0 Å². The first-order valence-electron chi connectivity index (χ1n) is 9.19. The molecule has 1 atom stereocenters. The second-order valence-corrected chi connectivity index (χ2v) is 9.05. The Hall–Kier alpha value is -2.72. The molecular formula is C20H18F3N3O3S. The Bertz CT molecular complexity index is 1180. The lowest BCUT2D eigenvalue weighted by Gasteiger charge is -2.27. The van der Waals surface area contributed by atoms with Crippen LogP contribution in [-0.4, -0.2) is 29.2 Å². The molecule has 0 radical (unpaired) electrons. The van der Waals surface area contributed by atoms with Crippen molar-refractivity contribution in [3.05, 3.63) is 70.9 Å². The van der Waals surface area contributed by atoms with E-state index in [1.165, 1.54) is 16.4 Å². The molecular weight excluding hydrogens is 419 g/mol. The summed E-state index contributed by atoms with van der Waals surface area (Å²) in [7, 11) is -3.63. The van der Waals surface area contributed by atoms with Gasteiger partial charge in [-0.15, -0.1) is 10.2 Å². The van der Waals surface area contributed by atoms with E-state index < -0.39 is 28.2 Å². The topological polar surface area (TPSA) is 76.3 Å². The second-order valence-electron chi connectivity index (χ2n) is 7.11. The number of halogens is 3. The van der Waals surface area contributed by atoms with Crippen molar-refractivity contribution in [2.75, 3.05) is 6.26 Å². The molecule has 0 spiro atoms. The molecule has 6 nitrogen and oxygen atoms in total. The number of fused-ring (bicyclic) bond motifs is 1. The molecule has 3 aromatic rings. The van der Waals surface area contributed by atoms with Gasteiger partial charge < -0.3 is 4.42 Å². The van der Waals surface area contributed by atoms with Crippen LogP contribution >= 0.6 is 0 Å². The monoisotopic (exact) mass is 437 g/mol. The van der Waals surface area contributed by atoms with Gasteiger partial charge in [-0.3, -0.25) is 0 Å². The standard InChI is InChI=1S/C20H18F3N3O3S/c1-30(27,28)26(17-9-8-12-4-2-3-5-15(12)17)11-14-7-6-13(10-16(14)21)19-24-25-20(29-19)18(22)23/h2-7,10,17-18H,8-9,11H2,1H3. The van der Waals surface area contributed by atoms with Gasteiger partial charge in [-0.05, 0) is 36.1 Å². The van der Waals surface area contributed by atoms with Crippen LogP contribution in [0.2, 0.25) is 0 Å². The van der Waals surface area contributed by atoms with E-state index in [0.717, 1.165) is 29.9 Å². The van der Waals surface area contributed by atoms with E-state index in [2.05, 4.69) is 10.2 Å². The van der Waals surface area contributed by atoms with Gasteiger partial charge >= 0.3 is 6.43 Å². The van der Waals surface area contributed by atoms with Gasteiger partial charge in [-0.1, -0.05) is 30.3 Å². The fourth-order valence-corrected chi connectivity index (χ4v) is 4.76. The van der Waals surface area contributed by atoms with Crippen LogP contribution in [0, 0.1) is 5.82 Å². The number of rotatable bonds is 6. The third kappa shape index (κ3) is 3.97. The lowest BCUT2D eigenvalue weighted by atomic mass is 10.1. The summed E-state index contributed by atoms with van der Waals surface area (Å²) in [4.78, 5) is 0. The van der Waals surface area contributed by atoms with E-state index in [0.29, 0.717) is 6.42 Å². The van der Waals surface area contributed by atoms with Crippen molar-refractivity contribution >= 4 is 10.0 Å². The van der Waals surface area contributed by atoms with Crippen molar-refractivity contribution < 1.29 is 26.0 Å². The first kappa shape index (κ1) is 20.5. The normalized spacial score (nSPS) is 16.4. The van der Waals surface area contributed by atoms with Crippen LogP contribution in [0.25, 0.3) is 11.5 Å². The Balaban J connectivity index is 1.63. The average Bonchev–Trinajstić information content (AvgIpc) is 3.34. The number of hydrogen-bond acceptors (Lipinski definition) is 5. The molecule has 0 fully saturated rings. The van der Waals surface area contributed by atoms with E-state index >= 15 is 0 Å². The van der Waals surface area contributed by atoms with Crippen molar-refractivity contribution in [3.8, 4) is 11.5 Å². The zero-order valence-corrected chi connectivity index (χ0v) is 16.7. The van der Waals surface area contributed by atoms with Gasteiger partial charge in [0.1, 0.15) is 5.82 Å². The lowest BCUT2D eigenvalue weighted by Crippen LogP contribution is -2.33. The minimum absolute atomic E-state index is 0.132. The molecule has 1 unspecified atom stereocenters. The summed E-state index contributed by atoms with van der Waals surface area (Å²) < 4.78 is 71.1. The van der Waals surface area contributed by atoms with Gasteiger partial charge in [0.15, 0.2) is 0 Å². The predicted octanol–water partition coefficient (Wildman–Crippen LogP) is 4.26. The third-order valence-electron chi connectivity index (χ3n) is 5.13. The third-order valence-corrected chi connectivity index (χ3v) is 6.36. The number of aryl methyl sites for hydroxylation is 1. The quantitative estimate of drug-likeness (QED) is 0.576. The Kier molecular flexibility index (Phi) is 5.37. The van der Waals surface area contributed by atoms with Gasteiger partial charge in [0.05, 0.1) is 12.3 Å². The van der Waals surface area contributed by atoms with E-state index in [9.17, 15) is 21.6 Å². The molecule has 10 heteroatoms. The Morgan fingerprint density at radius 1 is 1.20 bits per heavy atom. The molecule has 0 saturated carbocycles. The summed E-state index contributed by atoms with van der Waals surface area (Å²) in [5.74, 6) is -1.78. The molecule has 0 saturated heterocycles. The number of alkyl halides is 2. The lowest BCUT2D eigenvalue weighted by molar-refractivity contribution is 0.116. The molecule has 1 aliphatic carbocycles. The zero-order chi connectivity index (χ0) is 21.5. The van der Waals surface area contributed by atoms with Crippen LogP contribution < -0.4 is 0 Å². The molecule has 1 heterocycles. The van der Waals surface area contributed by atoms with Gasteiger partial charge in [0, 0.05) is 17.7 Å². The minimum atomic E-state index is -3.63. The van der Waals surface area contributed by atoms with Crippen molar-refractivity contribution in [2.45, 2.75) is 31.9 Å². The Labute approximate surface area is 171 Å². The maximum Gasteiger partial charge on any atom is 0.314 e. The smallest absolute Gasteiger partial charge is 0.314 e. The Morgan fingerprint density at radius 3 is 2.63 bits per heavy atom. The number of nitrogens with zero attached hydrogens (tertiary/aromatic N) is 3. The molecule has 0 amide bonds. The molecule has 1 aliphatic rings. The molecule has 30 heavy (non-hydrogen) atoms. The highest BCUT2D eigenvalue weighted by atomic mass is 32.2. The van der Waals surface area contributed by atoms with E-state index in [-0.39, 0.29) is 29.6 Å². The maximum atomic E-state index is 14.8. The van der Waals surface area contributed by atoms with Crippen molar-refractivity contribution in [2.24, 2.45) is 0 Å². The molecule has 4 rings (SSSR count). The van der Waals surface area contributed by atoms with E-state index in [4.69, 9.17) is 4.42 Å². The minimum Gasteiger partial charge on any atom is -0.415 e. The van der Waals surface area contributed by atoms with Crippen molar-refractivity contribution in [1.82, 2.24) is 14.5 Å². The molecule has 0 bridgehead atoms. The summed E-state index contributed by atoms with van der Waals surface area (Å²) in [6.45, 7) is -0.157. The molecule has 0 N–H and O–H groups in total. The highest BCUT2D eigenvalue weighted by molar-refractivity contribution is 7.88. The summed E-state index contributed by atoms with van der Waals surface area (Å²) in [5.41, 5.74) is 2.29. The average molecular weight is 437 g/mol. The largest absolute Gasteiger partial charge is 0.415 e. The zero-order valence-electron chi connectivity index (χ0n) is 15.9. The van der Waals surface area contributed by atoms with Crippen LogP contribution in [0.5, 0.6) is 0 Å². The Morgan fingerprint density at radius 2 is 1.97 bits per heavy atom. The fraction of sp³-hybridized carbons (Fsp3) is 0.300. The summed E-state index contributed by atoms with van der Waals surface area (Å²) in [6.07, 6.45) is -0.458. The van der Waals surface area contributed by atoms with Crippen LogP contribution in [0.3, 0.4) is 0 Å². The van der Waals surface area contributed by atoms with Crippen LogP contribution in [0.1, 0.15) is 41.5 Å².